The zero-order chi connectivity index (χ0) is 13.7. The monoisotopic (exact) mass is 286 g/mol. The first-order chi connectivity index (χ1) is 9.76. The lowest BCUT2D eigenvalue weighted by atomic mass is 9.93. The first kappa shape index (κ1) is 12.4. The highest BCUT2D eigenvalue weighted by molar-refractivity contribution is 7.12. The van der Waals surface area contributed by atoms with Crippen molar-refractivity contribution in [1.29, 1.82) is 0 Å². The maximum atomic E-state index is 6.31. The number of nitrogens with two attached hydrogens (primary N) is 1. The molecule has 0 bridgehead atoms. The van der Waals surface area contributed by atoms with Crippen molar-refractivity contribution < 1.29 is 4.74 Å². The molecule has 104 valence electrons. The van der Waals surface area contributed by atoms with E-state index in [0.29, 0.717) is 5.92 Å². The molecule has 2 N–H and O–H groups in total. The first-order valence-corrected chi connectivity index (χ1v) is 8.00. The molecule has 1 aromatic heterocycles. The predicted molar refractivity (Wildman–Crippen MR) is 81.2 cm³/mol. The Labute approximate surface area is 122 Å². The summed E-state index contributed by atoms with van der Waals surface area (Å²) in [5.74, 6) is 1.56. The van der Waals surface area contributed by atoms with Crippen LogP contribution in [-0.4, -0.2) is 12.1 Å². The summed E-state index contributed by atoms with van der Waals surface area (Å²) in [6.07, 6.45) is 4.70. The molecule has 20 heavy (non-hydrogen) atoms. The minimum Gasteiger partial charge on any atom is -0.497 e. The summed E-state index contributed by atoms with van der Waals surface area (Å²) < 4.78 is 5.35. The Bertz CT molecular complexity index is 660. The third-order valence-electron chi connectivity index (χ3n) is 4.32. The van der Waals surface area contributed by atoms with Crippen LogP contribution in [0.4, 0.5) is 0 Å². The van der Waals surface area contributed by atoms with E-state index < -0.39 is 0 Å². The van der Waals surface area contributed by atoms with Gasteiger partial charge in [0, 0.05) is 10.4 Å². The minimum atomic E-state index is 0.139. The fourth-order valence-electron chi connectivity index (χ4n) is 2.92. The second-order valence-corrected chi connectivity index (χ2v) is 6.83. The number of benzene rings is 1. The third kappa shape index (κ3) is 1.95. The lowest BCUT2D eigenvalue weighted by Gasteiger charge is -2.15. The molecule has 1 aromatic carbocycles. The summed E-state index contributed by atoms with van der Waals surface area (Å²) in [7, 11) is 1.71. The van der Waals surface area contributed by atoms with Crippen LogP contribution in [0.3, 0.4) is 0 Å². The van der Waals surface area contributed by atoms with Crippen LogP contribution in [-0.2, 0) is 12.8 Å². The van der Waals surface area contributed by atoms with Crippen LogP contribution < -0.4 is 10.5 Å². The molecule has 2 aliphatic rings. The Hall–Kier alpha value is -1.39. The van der Waals surface area contributed by atoms with Gasteiger partial charge >= 0.3 is 0 Å². The van der Waals surface area contributed by atoms with Crippen molar-refractivity contribution in [3.05, 3.63) is 33.6 Å². The van der Waals surface area contributed by atoms with E-state index >= 15 is 0 Å². The van der Waals surface area contributed by atoms with Crippen LogP contribution in [0.25, 0.3) is 11.3 Å². The molecule has 0 aliphatic heterocycles. The van der Waals surface area contributed by atoms with Gasteiger partial charge in [-0.3, -0.25) is 0 Å². The van der Waals surface area contributed by atoms with Crippen LogP contribution in [0.15, 0.2) is 18.2 Å². The molecule has 4 heteroatoms. The Kier molecular flexibility index (Phi) is 2.82. The number of rotatable bonds is 3. The van der Waals surface area contributed by atoms with Gasteiger partial charge in [-0.05, 0) is 49.3 Å². The highest BCUT2D eigenvalue weighted by Gasteiger charge is 2.33. The van der Waals surface area contributed by atoms with Crippen molar-refractivity contribution >= 4 is 11.3 Å². The molecular formula is C16H18N2OS. The van der Waals surface area contributed by atoms with Crippen molar-refractivity contribution in [2.75, 3.05) is 7.11 Å². The van der Waals surface area contributed by atoms with Crippen molar-refractivity contribution in [3.63, 3.8) is 0 Å². The van der Waals surface area contributed by atoms with Gasteiger partial charge in [-0.1, -0.05) is 6.07 Å². The van der Waals surface area contributed by atoms with Crippen molar-refractivity contribution in [1.82, 2.24) is 4.98 Å². The molecule has 0 spiro atoms. The molecule has 0 amide bonds. The van der Waals surface area contributed by atoms with Crippen LogP contribution >= 0.6 is 11.3 Å². The average molecular weight is 286 g/mol. The molecule has 3 nitrogen and oxygen atoms in total. The second-order valence-electron chi connectivity index (χ2n) is 5.71. The van der Waals surface area contributed by atoms with Gasteiger partial charge in [0.1, 0.15) is 10.8 Å². The highest BCUT2D eigenvalue weighted by atomic mass is 32.1. The summed E-state index contributed by atoms with van der Waals surface area (Å²) in [6.45, 7) is 0. The first-order valence-electron chi connectivity index (χ1n) is 7.18. The number of ether oxygens (including phenoxy) is 1. The summed E-state index contributed by atoms with van der Waals surface area (Å²) >= 11 is 1.81. The number of hydrogen-bond acceptors (Lipinski definition) is 4. The number of aryl methyl sites for hydroxylation is 2. The fourth-order valence-corrected chi connectivity index (χ4v) is 4.09. The lowest BCUT2D eigenvalue weighted by molar-refractivity contribution is 0.415. The van der Waals surface area contributed by atoms with E-state index in [4.69, 9.17) is 15.5 Å². The topological polar surface area (TPSA) is 48.1 Å². The third-order valence-corrected chi connectivity index (χ3v) is 5.54. The van der Waals surface area contributed by atoms with Crippen LogP contribution in [0, 0.1) is 5.92 Å². The van der Waals surface area contributed by atoms with E-state index in [2.05, 4.69) is 12.1 Å². The molecule has 0 radical (unpaired) electrons. The molecule has 1 saturated carbocycles. The van der Waals surface area contributed by atoms with Crippen LogP contribution in [0.2, 0.25) is 0 Å². The Morgan fingerprint density at radius 1 is 1.35 bits per heavy atom. The average Bonchev–Trinajstić information content (AvgIpc) is 3.24. The van der Waals surface area contributed by atoms with Gasteiger partial charge in [0.25, 0.3) is 0 Å². The van der Waals surface area contributed by atoms with Crippen molar-refractivity contribution in [3.8, 4) is 17.0 Å². The number of hydrogen-bond donors (Lipinski definition) is 1. The van der Waals surface area contributed by atoms with Gasteiger partial charge in [-0.2, -0.15) is 0 Å². The van der Waals surface area contributed by atoms with E-state index in [1.54, 1.807) is 7.11 Å². The largest absolute Gasteiger partial charge is 0.497 e. The zero-order valence-electron chi connectivity index (χ0n) is 11.6. The molecule has 4 rings (SSSR count). The number of methoxy groups -OCH3 is 1. The Morgan fingerprint density at radius 2 is 2.20 bits per heavy atom. The van der Waals surface area contributed by atoms with Crippen LogP contribution in [0.5, 0.6) is 5.75 Å². The summed E-state index contributed by atoms with van der Waals surface area (Å²) in [5.41, 5.74) is 10.1. The van der Waals surface area contributed by atoms with Crippen molar-refractivity contribution in [2.24, 2.45) is 11.7 Å². The minimum absolute atomic E-state index is 0.139. The van der Waals surface area contributed by atoms with Gasteiger partial charge in [-0.25, -0.2) is 4.98 Å². The predicted octanol–water partition coefficient (Wildman–Crippen LogP) is 3.33. The van der Waals surface area contributed by atoms with Gasteiger partial charge in [0.15, 0.2) is 0 Å². The smallest absolute Gasteiger partial charge is 0.119 e. The number of nitrogens with zero attached hydrogens (tertiary/aromatic N) is 1. The van der Waals surface area contributed by atoms with Gasteiger partial charge in [0.05, 0.1) is 18.8 Å². The van der Waals surface area contributed by atoms with Crippen LogP contribution in [0.1, 0.15) is 34.3 Å². The second kappa shape index (κ2) is 4.57. The maximum Gasteiger partial charge on any atom is 0.119 e. The molecular weight excluding hydrogens is 268 g/mol. The molecule has 2 aromatic rings. The molecule has 1 heterocycles. The lowest BCUT2D eigenvalue weighted by Crippen LogP contribution is -2.11. The van der Waals surface area contributed by atoms with Crippen molar-refractivity contribution in [2.45, 2.75) is 31.7 Å². The normalized spacial score (nSPS) is 18.3. The summed E-state index contributed by atoms with van der Waals surface area (Å²) in [4.78, 5) is 6.25. The highest BCUT2D eigenvalue weighted by Crippen LogP contribution is 2.44. The molecule has 1 fully saturated rings. The van der Waals surface area contributed by atoms with E-state index in [1.807, 2.05) is 17.4 Å². The standard InChI is InChI=1S/C16H18N2OS/c1-19-11-6-4-9-5-7-13-15(12(9)8-11)18-16(20-13)14(17)10-2-3-10/h4,6,8,10,14H,2-3,5,7,17H2,1H3. The SMILES string of the molecule is COc1ccc2c(c1)-c1nc(C(N)C3CC3)sc1CC2. The maximum absolute atomic E-state index is 6.31. The van der Waals surface area contributed by atoms with E-state index in [-0.39, 0.29) is 6.04 Å². The quantitative estimate of drug-likeness (QED) is 0.941. The van der Waals surface area contributed by atoms with E-state index in [1.165, 1.54) is 28.8 Å². The summed E-state index contributed by atoms with van der Waals surface area (Å²) in [5, 5.41) is 1.12. The van der Waals surface area contributed by atoms with E-state index in [0.717, 1.165) is 29.3 Å². The zero-order valence-corrected chi connectivity index (χ0v) is 12.4. The molecule has 2 aliphatic carbocycles. The summed E-state index contributed by atoms with van der Waals surface area (Å²) in [6, 6.07) is 6.45. The Morgan fingerprint density at radius 3 is 2.95 bits per heavy atom. The molecule has 0 saturated heterocycles. The fraction of sp³-hybridized carbons (Fsp3) is 0.438. The number of thiazole rings is 1. The number of aromatic nitrogens is 1. The van der Waals surface area contributed by atoms with E-state index in [9.17, 15) is 0 Å². The van der Waals surface area contributed by atoms with Gasteiger partial charge in [0.2, 0.25) is 0 Å². The number of fused-ring (bicyclic) bond motifs is 3. The Balaban J connectivity index is 1.78. The molecule has 1 unspecified atom stereocenters. The molecule has 1 atom stereocenters. The van der Waals surface area contributed by atoms with Gasteiger partial charge in [-0.15, -0.1) is 11.3 Å². The van der Waals surface area contributed by atoms with Gasteiger partial charge < -0.3 is 10.5 Å².